The van der Waals surface area contributed by atoms with Crippen molar-refractivity contribution in [2.75, 3.05) is 0 Å². The van der Waals surface area contributed by atoms with Gasteiger partial charge in [0.1, 0.15) is 0 Å². The summed E-state index contributed by atoms with van der Waals surface area (Å²) in [4.78, 5) is 10.4. The molecule has 0 N–H and O–H groups in total. The van der Waals surface area contributed by atoms with Gasteiger partial charge in [-0.3, -0.25) is 0 Å². The van der Waals surface area contributed by atoms with Crippen molar-refractivity contribution in [1.29, 1.82) is 0 Å². The van der Waals surface area contributed by atoms with Crippen molar-refractivity contribution >= 4 is 11.6 Å². The predicted molar refractivity (Wildman–Crippen MR) is 36.2 cm³/mol. The number of aryl methyl sites for hydroxylation is 1. The van der Waals surface area contributed by atoms with Crippen molar-refractivity contribution in [3.63, 3.8) is 0 Å². The normalized spacial score (nSPS) is 10.2. The van der Waals surface area contributed by atoms with Gasteiger partial charge in [-0.2, -0.15) is 0 Å². The molecule has 0 saturated carbocycles. The molecule has 0 aliphatic heterocycles. The molecule has 1 aromatic heterocycles. The van der Waals surface area contributed by atoms with Gasteiger partial charge in [0, 0.05) is 6.42 Å². The molecule has 10 heavy (non-hydrogen) atoms. The molecule has 0 aliphatic carbocycles. The molecule has 0 aliphatic rings. The van der Waals surface area contributed by atoms with Crippen LogP contribution in [0.1, 0.15) is 18.4 Å². The van der Waals surface area contributed by atoms with Crippen molar-refractivity contribution in [3.05, 3.63) is 22.1 Å². The van der Waals surface area contributed by atoms with E-state index in [0.717, 1.165) is 0 Å². The lowest BCUT2D eigenvalue weighted by atomic mass is 10.3. The maximum Gasteiger partial charge on any atom is 0.519 e. The van der Waals surface area contributed by atoms with E-state index in [-0.39, 0.29) is 5.88 Å². The van der Waals surface area contributed by atoms with Crippen LogP contribution in [0.4, 0.5) is 0 Å². The third-order valence-corrected chi connectivity index (χ3v) is 1.41. The van der Waals surface area contributed by atoms with E-state index >= 15 is 0 Å². The molecule has 0 atom stereocenters. The molecule has 4 heteroatoms. The average Bonchev–Trinajstić information content (AvgIpc) is 2.30. The van der Waals surface area contributed by atoms with E-state index in [9.17, 15) is 4.79 Å². The molecule has 1 heterocycles. The first-order valence-electron chi connectivity index (χ1n) is 2.95. The molecule has 0 aromatic carbocycles. The molecular formula is C6H7ClO3. The Hall–Kier alpha value is -0.700. The van der Waals surface area contributed by atoms with E-state index in [1.165, 1.54) is 0 Å². The molecule has 56 valence electrons. The average molecular weight is 163 g/mol. The van der Waals surface area contributed by atoms with Gasteiger partial charge >= 0.3 is 5.82 Å². The van der Waals surface area contributed by atoms with Crippen molar-refractivity contribution in [2.24, 2.45) is 0 Å². The molecule has 3 nitrogen and oxygen atoms in total. The highest BCUT2D eigenvalue weighted by molar-refractivity contribution is 6.16. The zero-order valence-corrected chi connectivity index (χ0v) is 6.27. The summed E-state index contributed by atoms with van der Waals surface area (Å²) in [6, 6.07) is 0. The van der Waals surface area contributed by atoms with Gasteiger partial charge in [-0.25, -0.2) is 4.79 Å². The van der Waals surface area contributed by atoms with Crippen LogP contribution >= 0.6 is 11.6 Å². The van der Waals surface area contributed by atoms with E-state index in [1.807, 2.05) is 6.92 Å². The first kappa shape index (κ1) is 7.41. The molecule has 0 amide bonds. The summed E-state index contributed by atoms with van der Waals surface area (Å²) in [6.07, 6.45) is 0.633. The standard InChI is InChI=1S/C6H7ClO3/c1-2-4-5(3-7)10-6(8)9-4/h2-3H2,1H3. The Morgan fingerprint density at radius 3 is 2.40 bits per heavy atom. The van der Waals surface area contributed by atoms with Gasteiger partial charge in [0.2, 0.25) is 0 Å². The van der Waals surface area contributed by atoms with Crippen LogP contribution in [0.3, 0.4) is 0 Å². The van der Waals surface area contributed by atoms with Crippen LogP contribution in [-0.4, -0.2) is 0 Å². The number of halogens is 1. The van der Waals surface area contributed by atoms with E-state index in [2.05, 4.69) is 8.83 Å². The van der Waals surface area contributed by atoms with Crippen molar-refractivity contribution in [1.82, 2.24) is 0 Å². The van der Waals surface area contributed by atoms with Gasteiger partial charge in [-0.05, 0) is 0 Å². The Kier molecular flexibility index (Phi) is 2.17. The van der Waals surface area contributed by atoms with Crippen LogP contribution in [0.15, 0.2) is 13.6 Å². The number of rotatable bonds is 2. The maximum absolute atomic E-state index is 10.4. The Labute approximate surface area is 62.6 Å². The van der Waals surface area contributed by atoms with E-state index in [4.69, 9.17) is 11.6 Å². The first-order chi connectivity index (χ1) is 4.77. The Bertz CT molecular complexity index is 236. The van der Waals surface area contributed by atoms with Crippen LogP contribution in [0.2, 0.25) is 0 Å². The number of hydrogen-bond acceptors (Lipinski definition) is 3. The first-order valence-corrected chi connectivity index (χ1v) is 3.49. The molecule has 0 fully saturated rings. The lowest BCUT2D eigenvalue weighted by Crippen LogP contribution is -1.85. The van der Waals surface area contributed by atoms with Crippen LogP contribution in [-0.2, 0) is 12.3 Å². The zero-order chi connectivity index (χ0) is 7.56. The zero-order valence-electron chi connectivity index (χ0n) is 5.52. The van der Waals surface area contributed by atoms with Crippen molar-refractivity contribution in [2.45, 2.75) is 19.2 Å². The van der Waals surface area contributed by atoms with Gasteiger partial charge in [0.25, 0.3) is 0 Å². The monoisotopic (exact) mass is 162 g/mol. The minimum Gasteiger partial charge on any atom is -0.396 e. The SMILES string of the molecule is CCc1oc(=O)oc1CCl. The van der Waals surface area contributed by atoms with Gasteiger partial charge in [-0.1, -0.05) is 6.92 Å². The largest absolute Gasteiger partial charge is 0.519 e. The van der Waals surface area contributed by atoms with Crippen LogP contribution in [0.25, 0.3) is 0 Å². The summed E-state index contributed by atoms with van der Waals surface area (Å²) in [5, 5.41) is 0. The van der Waals surface area contributed by atoms with E-state index < -0.39 is 5.82 Å². The summed E-state index contributed by atoms with van der Waals surface area (Å²) in [6.45, 7) is 1.86. The van der Waals surface area contributed by atoms with Gasteiger partial charge in [-0.15, -0.1) is 11.6 Å². The van der Waals surface area contributed by atoms with E-state index in [0.29, 0.717) is 17.9 Å². The fourth-order valence-electron chi connectivity index (χ4n) is 0.707. The summed E-state index contributed by atoms with van der Waals surface area (Å²) in [5.41, 5.74) is 0. The third kappa shape index (κ3) is 1.24. The molecule has 0 unspecified atom stereocenters. The smallest absolute Gasteiger partial charge is 0.396 e. The lowest BCUT2D eigenvalue weighted by molar-refractivity contribution is 0.369. The fourth-order valence-corrected chi connectivity index (χ4v) is 0.911. The van der Waals surface area contributed by atoms with Crippen LogP contribution in [0, 0.1) is 0 Å². The quantitative estimate of drug-likeness (QED) is 0.620. The topological polar surface area (TPSA) is 43.4 Å². The molecule has 0 radical (unpaired) electrons. The third-order valence-electron chi connectivity index (χ3n) is 1.17. The highest BCUT2D eigenvalue weighted by atomic mass is 35.5. The minimum atomic E-state index is -0.674. The van der Waals surface area contributed by atoms with Crippen LogP contribution < -0.4 is 5.82 Å². The van der Waals surface area contributed by atoms with Crippen molar-refractivity contribution < 1.29 is 8.83 Å². The van der Waals surface area contributed by atoms with Gasteiger partial charge < -0.3 is 8.83 Å². The highest BCUT2D eigenvalue weighted by Gasteiger charge is 2.08. The van der Waals surface area contributed by atoms with E-state index in [1.54, 1.807) is 0 Å². The summed E-state index contributed by atoms with van der Waals surface area (Å²) >= 11 is 5.43. The minimum absolute atomic E-state index is 0.189. The molecule has 1 aromatic rings. The highest BCUT2D eigenvalue weighted by Crippen LogP contribution is 2.09. The second-order valence-electron chi connectivity index (χ2n) is 1.79. The molecule has 0 bridgehead atoms. The van der Waals surface area contributed by atoms with Crippen molar-refractivity contribution in [3.8, 4) is 0 Å². The summed E-state index contributed by atoms with van der Waals surface area (Å²) in [7, 11) is 0. The molecular weight excluding hydrogens is 156 g/mol. The Morgan fingerprint density at radius 2 is 2.00 bits per heavy atom. The Morgan fingerprint density at radius 1 is 1.40 bits per heavy atom. The van der Waals surface area contributed by atoms with Gasteiger partial charge in [0.15, 0.2) is 11.5 Å². The molecule has 0 saturated heterocycles. The van der Waals surface area contributed by atoms with Crippen LogP contribution in [0.5, 0.6) is 0 Å². The maximum atomic E-state index is 10.4. The number of alkyl halides is 1. The second-order valence-corrected chi connectivity index (χ2v) is 2.05. The fraction of sp³-hybridized carbons (Fsp3) is 0.500. The number of hydrogen-bond donors (Lipinski definition) is 0. The lowest BCUT2D eigenvalue weighted by Gasteiger charge is -1.86. The summed E-state index contributed by atoms with van der Waals surface area (Å²) < 4.78 is 9.25. The summed E-state index contributed by atoms with van der Waals surface area (Å²) in [5.74, 6) is 0.496. The predicted octanol–water partition coefficient (Wildman–Crippen LogP) is 1.53. The van der Waals surface area contributed by atoms with Gasteiger partial charge in [0.05, 0.1) is 5.88 Å². The molecule has 1 rings (SSSR count). The second kappa shape index (κ2) is 2.92. The Balaban J connectivity index is 3.08. The molecule has 0 spiro atoms.